The number of thioether (sulfide) groups is 1. The Bertz CT molecular complexity index is 674. The molecule has 2 aromatic rings. The third-order valence-electron chi connectivity index (χ3n) is 3.04. The molecule has 0 bridgehead atoms. The molecule has 0 saturated carbocycles. The number of hydrazone groups is 1. The van der Waals surface area contributed by atoms with Crippen molar-refractivity contribution in [1.29, 1.82) is 0 Å². The molecular weight excluding hydrogens is 280 g/mol. The summed E-state index contributed by atoms with van der Waals surface area (Å²) < 4.78 is 5.37. The largest absolute Gasteiger partial charge is 0.481 e. The third kappa shape index (κ3) is 3.21. The van der Waals surface area contributed by atoms with Crippen LogP contribution in [0.5, 0.6) is 5.75 Å². The summed E-state index contributed by atoms with van der Waals surface area (Å²) in [5.74, 6) is 3.23. The van der Waals surface area contributed by atoms with Crippen LogP contribution >= 0.6 is 11.8 Å². The Labute approximate surface area is 128 Å². The second-order valence-electron chi connectivity index (χ2n) is 4.47. The molecule has 0 saturated heterocycles. The summed E-state index contributed by atoms with van der Waals surface area (Å²) in [6.07, 6.45) is 5.17. The lowest BCUT2D eigenvalue weighted by Gasteiger charge is -2.10. The van der Waals surface area contributed by atoms with Gasteiger partial charge in [0.2, 0.25) is 0 Å². The van der Waals surface area contributed by atoms with Crippen LogP contribution in [-0.2, 0) is 0 Å². The number of nitrogens with one attached hydrogen (secondary N) is 1. The standard InChI is InChI=1S/C17H14N2OS/c1-2-12-20-15-10-8-14(9-11-15)17-19-18-16(21-17)13-6-4-3-5-7-13/h1,3-11,17,19H,12H2/t17-/m0/s1. The molecule has 1 heterocycles. The zero-order chi connectivity index (χ0) is 14.5. The first kappa shape index (κ1) is 13.6. The maximum Gasteiger partial charge on any atom is 0.148 e. The predicted octanol–water partition coefficient (Wildman–Crippen LogP) is 3.40. The summed E-state index contributed by atoms with van der Waals surface area (Å²) in [5.41, 5.74) is 5.45. The van der Waals surface area contributed by atoms with Crippen LogP contribution in [0.4, 0.5) is 0 Å². The summed E-state index contributed by atoms with van der Waals surface area (Å²) in [7, 11) is 0. The molecule has 0 aromatic heterocycles. The molecule has 0 fully saturated rings. The number of nitrogens with zero attached hydrogens (tertiary/aromatic N) is 1. The van der Waals surface area contributed by atoms with E-state index in [4.69, 9.17) is 11.2 Å². The van der Waals surface area contributed by atoms with Crippen molar-refractivity contribution in [2.75, 3.05) is 6.61 Å². The van der Waals surface area contributed by atoms with Crippen molar-refractivity contribution >= 4 is 16.8 Å². The van der Waals surface area contributed by atoms with Gasteiger partial charge < -0.3 is 4.74 Å². The predicted molar refractivity (Wildman–Crippen MR) is 87.2 cm³/mol. The quantitative estimate of drug-likeness (QED) is 0.878. The lowest BCUT2D eigenvalue weighted by molar-refractivity contribution is 0.370. The smallest absolute Gasteiger partial charge is 0.148 e. The number of terminal acetylenes is 1. The van der Waals surface area contributed by atoms with Crippen LogP contribution in [0.25, 0.3) is 0 Å². The minimum atomic E-state index is 0.127. The number of ether oxygens (including phenoxy) is 1. The second-order valence-corrected chi connectivity index (χ2v) is 5.57. The molecule has 0 spiro atoms. The highest BCUT2D eigenvalue weighted by atomic mass is 32.2. The molecule has 0 amide bonds. The Morgan fingerprint density at radius 1 is 1.14 bits per heavy atom. The molecule has 0 unspecified atom stereocenters. The van der Waals surface area contributed by atoms with Crippen LogP contribution in [0.15, 0.2) is 59.7 Å². The Hall–Kier alpha value is -2.38. The Balaban J connectivity index is 1.66. The Morgan fingerprint density at radius 3 is 2.62 bits per heavy atom. The summed E-state index contributed by atoms with van der Waals surface area (Å²) in [4.78, 5) is 0. The first-order valence-corrected chi connectivity index (χ1v) is 7.46. The van der Waals surface area contributed by atoms with E-state index in [-0.39, 0.29) is 12.0 Å². The van der Waals surface area contributed by atoms with Crippen LogP contribution in [0, 0.1) is 12.3 Å². The summed E-state index contributed by atoms with van der Waals surface area (Å²) in [6.45, 7) is 0.289. The van der Waals surface area contributed by atoms with Crippen molar-refractivity contribution < 1.29 is 4.74 Å². The zero-order valence-electron chi connectivity index (χ0n) is 11.3. The van der Waals surface area contributed by atoms with E-state index < -0.39 is 0 Å². The van der Waals surface area contributed by atoms with Crippen molar-refractivity contribution in [3.63, 3.8) is 0 Å². The van der Waals surface area contributed by atoms with E-state index in [1.54, 1.807) is 11.8 Å². The van der Waals surface area contributed by atoms with Gasteiger partial charge in [0.25, 0.3) is 0 Å². The fourth-order valence-electron chi connectivity index (χ4n) is 2.00. The molecular formula is C17H14N2OS. The average molecular weight is 294 g/mol. The molecule has 3 rings (SSSR count). The maximum absolute atomic E-state index is 5.37. The maximum atomic E-state index is 5.37. The van der Waals surface area contributed by atoms with Gasteiger partial charge in [-0.05, 0) is 17.7 Å². The van der Waals surface area contributed by atoms with E-state index in [9.17, 15) is 0 Å². The van der Waals surface area contributed by atoms with Crippen LogP contribution in [-0.4, -0.2) is 11.7 Å². The molecule has 1 atom stereocenters. The highest BCUT2D eigenvalue weighted by Crippen LogP contribution is 2.34. The third-order valence-corrected chi connectivity index (χ3v) is 4.20. The molecule has 21 heavy (non-hydrogen) atoms. The van der Waals surface area contributed by atoms with E-state index in [2.05, 4.69) is 28.6 Å². The highest BCUT2D eigenvalue weighted by Gasteiger charge is 2.21. The summed E-state index contributed by atoms with van der Waals surface area (Å²) >= 11 is 1.71. The van der Waals surface area contributed by atoms with Gasteiger partial charge in [-0.15, -0.1) is 6.42 Å². The molecule has 1 aliphatic rings. The first-order chi connectivity index (χ1) is 10.4. The van der Waals surface area contributed by atoms with Gasteiger partial charge in [0.15, 0.2) is 0 Å². The van der Waals surface area contributed by atoms with Crippen molar-refractivity contribution in [3.8, 4) is 18.1 Å². The molecule has 104 valence electrons. The monoisotopic (exact) mass is 294 g/mol. The van der Waals surface area contributed by atoms with E-state index >= 15 is 0 Å². The minimum absolute atomic E-state index is 0.127. The normalized spacial score (nSPS) is 16.7. The van der Waals surface area contributed by atoms with E-state index in [1.807, 2.05) is 42.5 Å². The fourth-order valence-corrected chi connectivity index (χ4v) is 3.00. The topological polar surface area (TPSA) is 33.6 Å². The number of hydrogen-bond donors (Lipinski definition) is 1. The van der Waals surface area contributed by atoms with E-state index in [0.29, 0.717) is 0 Å². The summed E-state index contributed by atoms with van der Waals surface area (Å²) in [6, 6.07) is 18.1. The second kappa shape index (κ2) is 6.38. The molecule has 2 aromatic carbocycles. The van der Waals surface area contributed by atoms with Crippen LogP contribution < -0.4 is 10.2 Å². The van der Waals surface area contributed by atoms with Gasteiger partial charge in [-0.25, -0.2) is 0 Å². The van der Waals surface area contributed by atoms with E-state index in [1.165, 1.54) is 0 Å². The molecule has 4 heteroatoms. The average Bonchev–Trinajstić information content (AvgIpc) is 3.04. The number of hydrogen-bond acceptors (Lipinski definition) is 4. The molecule has 1 N–H and O–H groups in total. The van der Waals surface area contributed by atoms with Gasteiger partial charge in [0.05, 0.1) is 0 Å². The van der Waals surface area contributed by atoms with Gasteiger partial charge in [-0.1, -0.05) is 60.1 Å². The van der Waals surface area contributed by atoms with Crippen LogP contribution in [0.1, 0.15) is 16.5 Å². The fraction of sp³-hybridized carbons (Fsp3) is 0.118. The van der Waals surface area contributed by atoms with Crippen molar-refractivity contribution in [1.82, 2.24) is 5.43 Å². The van der Waals surface area contributed by atoms with Crippen molar-refractivity contribution in [3.05, 3.63) is 65.7 Å². The van der Waals surface area contributed by atoms with Crippen molar-refractivity contribution in [2.24, 2.45) is 5.10 Å². The van der Waals surface area contributed by atoms with Gasteiger partial charge in [-0.2, -0.15) is 5.10 Å². The molecule has 1 aliphatic heterocycles. The molecule has 0 radical (unpaired) electrons. The SMILES string of the molecule is C#CCOc1ccc([C@H]2NN=C(c3ccccc3)S2)cc1. The highest BCUT2D eigenvalue weighted by molar-refractivity contribution is 8.14. The van der Waals surface area contributed by atoms with Gasteiger partial charge in [0.1, 0.15) is 22.8 Å². The number of benzene rings is 2. The van der Waals surface area contributed by atoms with E-state index in [0.717, 1.165) is 21.9 Å². The lowest BCUT2D eigenvalue weighted by atomic mass is 10.2. The number of rotatable bonds is 4. The van der Waals surface area contributed by atoms with Crippen molar-refractivity contribution in [2.45, 2.75) is 5.37 Å². The first-order valence-electron chi connectivity index (χ1n) is 6.58. The molecule has 0 aliphatic carbocycles. The van der Waals surface area contributed by atoms with Gasteiger partial charge >= 0.3 is 0 Å². The van der Waals surface area contributed by atoms with Gasteiger partial charge in [-0.3, -0.25) is 5.43 Å². The Kier molecular flexibility index (Phi) is 4.13. The molecule has 3 nitrogen and oxygen atoms in total. The zero-order valence-corrected chi connectivity index (χ0v) is 12.1. The minimum Gasteiger partial charge on any atom is -0.481 e. The van der Waals surface area contributed by atoms with Crippen LogP contribution in [0.3, 0.4) is 0 Å². The Morgan fingerprint density at radius 2 is 1.90 bits per heavy atom. The van der Waals surface area contributed by atoms with Crippen LogP contribution in [0.2, 0.25) is 0 Å². The lowest BCUT2D eigenvalue weighted by Crippen LogP contribution is -2.06. The van der Waals surface area contributed by atoms with Gasteiger partial charge in [0, 0.05) is 5.56 Å². The summed E-state index contributed by atoms with van der Waals surface area (Å²) in [5, 5.41) is 5.54.